The van der Waals surface area contributed by atoms with E-state index in [2.05, 4.69) is 11.8 Å². The minimum absolute atomic E-state index is 0.0124. The van der Waals surface area contributed by atoms with Gasteiger partial charge in [0.15, 0.2) is 0 Å². The Bertz CT molecular complexity index is 992. The number of hydrogen-bond acceptors (Lipinski definition) is 3. The van der Waals surface area contributed by atoms with E-state index in [-0.39, 0.29) is 6.54 Å². The first-order valence-corrected chi connectivity index (χ1v) is 8.92. The van der Waals surface area contributed by atoms with Gasteiger partial charge in [-0.3, -0.25) is 9.69 Å². The maximum atomic E-state index is 10.9. The van der Waals surface area contributed by atoms with Gasteiger partial charge in [0.1, 0.15) is 0 Å². The number of allylic oxidation sites excluding steroid dienone is 1. The predicted octanol–water partition coefficient (Wildman–Crippen LogP) is 4.40. The van der Waals surface area contributed by atoms with Crippen molar-refractivity contribution in [1.29, 1.82) is 0 Å². The van der Waals surface area contributed by atoms with Crippen molar-refractivity contribution in [3.05, 3.63) is 90.4 Å². The Morgan fingerprint density at radius 2 is 1.82 bits per heavy atom. The number of aliphatic carboxylic acids is 1. The zero-order valence-electron chi connectivity index (χ0n) is 15.6. The molecule has 3 rings (SSSR count). The third-order valence-corrected chi connectivity index (χ3v) is 4.18. The molecule has 140 valence electrons. The van der Waals surface area contributed by atoms with Crippen LogP contribution in [0.15, 0.2) is 83.7 Å². The van der Waals surface area contributed by atoms with Crippen LogP contribution in [-0.2, 0) is 4.79 Å². The van der Waals surface area contributed by atoms with E-state index in [1.165, 1.54) is 0 Å². The largest absolute Gasteiger partial charge is 0.480 e. The number of likely N-dealkylation sites (N-methyl/N-ethyl adjacent to an activating group) is 1. The molecule has 4 nitrogen and oxygen atoms in total. The third kappa shape index (κ3) is 5.47. The summed E-state index contributed by atoms with van der Waals surface area (Å²) < 4.78 is 5.12. The smallest absolute Gasteiger partial charge is 0.317 e. The van der Waals surface area contributed by atoms with Crippen LogP contribution in [-0.4, -0.2) is 36.1 Å². The number of rotatable bonds is 6. The lowest BCUT2D eigenvalue weighted by atomic mass is 10.0. The molecule has 0 saturated carbocycles. The molecule has 28 heavy (non-hydrogen) atoms. The van der Waals surface area contributed by atoms with Crippen molar-refractivity contribution in [2.75, 3.05) is 20.1 Å². The maximum Gasteiger partial charge on any atom is 0.317 e. The van der Waals surface area contributed by atoms with Gasteiger partial charge in [0, 0.05) is 23.2 Å². The van der Waals surface area contributed by atoms with Crippen molar-refractivity contribution >= 4 is 11.5 Å². The van der Waals surface area contributed by atoms with E-state index >= 15 is 0 Å². The van der Waals surface area contributed by atoms with Crippen LogP contribution in [0, 0.1) is 11.8 Å². The fraction of sp³-hybridized carbons (Fsp3) is 0.125. The molecule has 0 saturated heterocycles. The molecule has 0 spiro atoms. The Balaban J connectivity index is 1.81. The van der Waals surface area contributed by atoms with Crippen molar-refractivity contribution in [2.24, 2.45) is 0 Å². The highest BCUT2D eigenvalue weighted by Crippen LogP contribution is 2.20. The topological polar surface area (TPSA) is 53.7 Å². The van der Waals surface area contributed by atoms with E-state index in [4.69, 9.17) is 9.52 Å². The van der Waals surface area contributed by atoms with Gasteiger partial charge >= 0.3 is 5.97 Å². The minimum atomic E-state index is -0.846. The Hall–Kier alpha value is -3.55. The summed E-state index contributed by atoms with van der Waals surface area (Å²) >= 11 is 0. The molecule has 0 radical (unpaired) electrons. The summed E-state index contributed by atoms with van der Waals surface area (Å²) in [6.07, 6.45) is 5.33. The lowest BCUT2D eigenvalue weighted by molar-refractivity contribution is -0.137. The lowest BCUT2D eigenvalue weighted by Gasteiger charge is -2.11. The van der Waals surface area contributed by atoms with E-state index < -0.39 is 5.97 Å². The molecule has 1 N–H and O–H groups in total. The number of carboxylic acid groups (broad SMARTS) is 1. The molecule has 2 aromatic carbocycles. The van der Waals surface area contributed by atoms with Gasteiger partial charge in [-0.2, -0.15) is 0 Å². The van der Waals surface area contributed by atoms with Crippen LogP contribution in [0.4, 0.5) is 0 Å². The first kappa shape index (κ1) is 19.2. The van der Waals surface area contributed by atoms with Crippen molar-refractivity contribution in [3.63, 3.8) is 0 Å². The zero-order valence-corrected chi connectivity index (χ0v) is 15.6. The molecule has 0 aliphatic heterocycles. The predicted molar refractivity (Wildman–Crippen MR) is 111 cm³/mol. The fourth-order valence-corrected chi connectivity index (χ4v) is 2.72. The van der Waals surface area contributed by atoms with Gasteiger partial charge in [0.05, 0.1) is 19.1 Å². The molecular formula is C24H21NO3. The number of hydrogen-bond donors (Lipinski definition) is 1. The van der Waals surface area contributed by atoms with Crippen molar-refractivity contribution < 1.29 is 14.3 Å². The zero-order chi connectivity index (χ0) is 19.8. The molecule has 1 aromatic heterocycles. The second-order valence-electron chi connectivity index (χ2n) is 6.41. The Morgan fingerprint density at radius 1 is 1.07 bits per heavy atom. The molecule has 0 aliphatic carbocycles. The average Bonchev–Trinajstić information content (AvgIpc) is 3.23. The van der Waals surface area contributed by atoms with Gasteiger partial charge in [-0.1, -0.05) is 60.4 Å². The monoisotopic (exact) mass is 371 g/mol. The van der Waals surface area contributed by atoms with E-state index in [0.29, 0.717) is 6.54 Å². The summed E-state index contributed by atoms with van der Waals surface area (Å²) in [6.45, 7) is 0.492. The normalized spacial score (nSPS) is 11.1. The second kappa shape index (κ2) is 9.40. The van der Waals surface area contributed by atoms with Crippen molar-refractivity contribution in [3.8, 4) is 23.0 Å². The number of benzene rings is 2. The average molecular weight is 371 g/mol. The van der Waals surface area contributed by atoms with Crippen LogP contribution < -0.4 is 0 Å². The van der Waals surface area contributed by atoms with Crippen molar-refractivity contribution in [2.45, 2.75) is 0 Å². The van der Waals surface area contributed by atoms with Crippen LogP contribution in [0.3, 0.4) is 0 Å². The Morgan fingerprint density at radius 3 is 2.46 bits per heavy atom. The fourth-order valence-electron chi connectivity index (χ4n) is 2.72. The van der Waals surface area contributed by atoms with Gasteiger partial charge in [0.2, 0.25) is 0 Å². The molecule has 0 bridgehead atoms. The molecule has 0 atom stereocenters. The Labute approximate surface area is 164 Å². The molecular weight excluding hydrogens is 350 g/mol. The quantitative estimate of drug-likeness (QED) is 0.653. The van der Waals surface area contributed by atoms with Crippen LogP contribution in [0.1, 0.15) is 11.1 Å². The molecule has 3 aromatic rings. The van der Waals surface area contributed by atoms with Gasteiger partial charge in [-0.15, -0.1) is 0 Å². The highest BCUT2D eigenvalue weighted by atomic mass is 16.4. The molecule has 1 heterocycles. The molecule has 0 fully saturated rings. The highest BCUT2D eigenvalue weighted by molar-refractivity contribution is 5.80. The summed E-state index contributed by atoms with van der Waals surface area (Å²) in [4.78, 5) is 12.6. The van der Waals surface area contributed by atoms with Gasteiger partial charge < -0.3 is 9.52 Å². The van der Waals surface area contributed by atoms with Gasteiger partial charge in [-0.05, 0) is 36.4 Å². The molecule has 0 unspecified atom stereocenters. The molecule has 0 aliphatic rings. The Kier molecular flexibility index (Phi) is 6.46. The number of nitrogens with zero attached hydrogens (tertiary/aromatic N) is 1. The van der Waals surface area contributed by atoms with E-state index in [1.807, 2.05) is 66.7 Å². The van der Waals surface area contributed by atoms with Crippen LogP contribution >= 0.6 is 0 Å². The number of carbonyl (C=O) groups is 1. The summed E-state index contributed by atoms with van der Waals surface area (Å²) in [5.41, 5.74) is 4.90. The lowest BCUT2D eigenvalue weighted by Crippen LogP contribution is -2.25. The number of carboxylic acids is 1. The van der Waals surface area contributed by atoms with Gasteiger partial charge in [-0.25, -0.2) is 0 Å². The summed E-state index contributed by atoms with van der Waals surface area (Å²) in [7, 11) is 1.77. The minimum Gasteiger partial charge on any atom is -0.480 e. The SMILES string of the molecule is CN(C/C=C(/C#Cc1ccc(-c2ccoc2)cc1)c1ccccc1)CC(=O)O. The van der Waals surface area contributed by atoms with Crippen LogP contribution in [0.5, 0.6) is 0 Å². The van der Waals surface area contributed by atoms with E-state index in [9.17, 15) is 4.79 Å². The van der Waals surface area contributed by atoms with Crippen LogP contribution in [0.25, 0.3) is 16.7 Å². The first-order valence-electron chi connectivity index (χ1n) is 8.92. The number of furan rings is 1. The summed E-state index contributed by atoms with van der Waals surface area (Å²) in [5, 5.41) is 8.91. The molecule has 4 heteroatoms. The van der Waals surface area contributed by atoms with Crippen molar-refractivity contribution in [1.82, 2.24) is 4.90 Å². The van der Waals surface area contributed by atoms with Crippen LogP contribution in [0.2, 0.25) is 0 Å². The van der Waals surface area contributed by atoms with Gasteiger partial charge in [0.25, 0.3) is 0 Å². The van der Waals surface area contributed by atoms with E-state index in [0.717, 1.165) is 27.8 Å². The second-order valence-corrected chi connectivity index (χ2v) is 6.41. The molecule has 0 amide bonds. The third-order valence-electron chi connectivity index (χ3n) is 4.18. The highest BCUT2D eigenvalue weighted by Gasteiger charge is 2.04. The van der Waals surface area contributed by atoms with E-state index in [1.54, 1.807) is 24.5 Å². The summed E-state index contributed by atoms with van der Waals surface area (Å²) in [5.74, 6) is 5.59. The maximum absolute atomic E-state index is 10.9. The summed E-state index contributed by atoms with van der Waals surface area (Å²) in [6, 6.07) is 19.8. The first-order chi connectivity index (χ1) is 13.6. The standard InChI is InChI=1S/C24H21NO3/c1-25(17-24(26)27)15-13-22(20-5-3-2-4-6-20)12-9-19-7-10-21(11-8-19)23-14-16-28-18-23/h2-8,10-11,13-14,16,18H,15,17H2,1H3,(H,26,27)/b22-13-.